The van der Waals surface area contributed by atoms with E-state index in [2.05, 4.69) is 10.4 Å². The monoisotopic (exact) mass is 210 g/mol. The largest absolute Gasteiger partial charge is 0.395 e. The molecule has 5 nitrogen and oxygen atoms in total. The van der Waals surface area contributed by atoms with Gasteiger partial charge in [0.15, 0.2) is 0 Å². The van der Waals surface area contributed by atoms with Crippen LogP contribution in [0.3, 0.4) is 0 Å². The number of anilines is 1. The predicted octanol–water partition coefficient (Wildman–Crippen LogP) is 0.932. The maximum absolute atomic E-state index is 11.8. The van der Waals surface area contributed by atoms with Crippen molar-refractivity contribution >= 4 is 11.6 Å². The van der Waals surface area contributed by atoms with Crippen LogP contribution in [-0.4, -0.2) is 21.7 Å². The van der Waals surface area contributed by atoms with Crippen LogP contribution in [0.25, 0.3) is 0 Å². The summed E-state index contributed by atoms with van der Waals surface area (Å²) < 4.78 is 1.63. The van der Waals surface area contributed by atoms with E-state index in [0.29, 0.717) is 23.6 Å². The Morgan fingerprint density at radius 1 is 1.60 bits per heavy atom. The van der Waals surface area contributed by atoms with Crippen molar-refractivity contribution in [1.29, 1.82) is 0 Å². The number of aromatic nitrogens is 2. The van der Waals surface area contributed by atoms with Crippen molar-refractivity contribution in [3.63, 3.8) is 0 Å². The number of nitrogen functional groups attached to an aromatic ring is 1. The average molecular weight is 210 g/mol. The van der Waals surface area contributed by atoms with Gasteiger partial charge in [-0.2, -0.15) is 5.10 Å². The molecule has 0 saturated heterocycles. The molecular formula is C10H18N4O. The van der Waals surface area contributed by atoms with Crippen molar-refractivity contribution in [1.82, 2.24) is 15.1 Å². The zero-order chi connectivity index (χ0) is 11.6. The fourth-order valence-corrected chi connectivity index (χ4v) is 1.39. The lowest BCUT2D eigenvalue weighted by molar-refractivity contribution is 0.0933. The fourth-order valence-electron chi connectivity index (χ4n) is 1.39. The van der Waals surface area contributed by atoms with E-state index in [0.717, 1.165) is 0 Å². The number of carbonyl (C=O) groups is 1. The molecule has 0 atom stereocenters. The van der Waals surface area contributed by atoms with Crippen molar-refractivity contribution in [2.75, 3.05) is 5.73 Å². The van der Waals surface area contributed by atoms with E-state index in [1.54, 1.807) is 11.6 Å². The highest BCUT2D eigenvalue weighted by molar-refractivity contribution is 5.98. The summed E-state index contributed by atoms with van der Waals surface area (Å²) in [6.45, 7) is 8.19. The molecule has 1 heterocycles. The second-order valence-electron chi connectivity index (χ2n) is 3.79. The molecule has 1 aromatic rings. The van der Waals surface area contributed by atoms with E-state index in [4.69, 9.17) is 5.73 Å². The molecule has 0 unspecified atom stereocenters. The molecule has 1 amide bonds. The molecule has 0 aliphatic carbocycles. The van der Waals surface area contributed by atoms with Crippen LogP contribution < -0.4 is 11.1 Å². The molecule has 0 radical (unpaired) electrons. The molecule has 0 aliphatic heterocycles. The molecule has 0 saturated carbocycles. The van der Waals surface area contributed by atoms with Gasteiger partial charge in [0, 0.05) is 12.6 Å². The lowest BCUT2D eigenvalue weighted by atomic mass is 10.2. The van der Waals surface area contributed by atoms with Gasteiger partial charge in [0.2, 0.25) is 0 Å². The standard InChI is InChI=1S/C10H18N4O/c1-5-14-9(8(11)7(4)13-14)10(15)12-6(2)3/h6H,5,11H2,1-4H3,(H,12,15). The molecule has 1 aromatic heterocycles. The molecule has 15 heavy (non-hydrogen) atoms. The van der Waals surface area contributed by atoms with Crippen molar-refractivity contribution in [2.24, 2.45) is 0 Å². The summed E-state index contributed by atoms with van der Waals surface area (Å²) in [4.78, 5) is 11.8. The molecule has 0 aliphatic rings. The second kappa shape index (κ2) is 4.33. The number of nitrogens with two attached hydrogens (primary N) is 1. The molecule has 5 heteroatoms. The van der Waals surface area contributed by atoms with Gasteiger partial charge in [-0.05, 0) is 27.7 Å². The average Bonchev–Trinajstić information content (AvgIpc) is 2.41. The van der Waals surface area contributed by atoms with E-state index < -0.39 is 0 Å². The van der Waals surface area contributed by atoms with Crippen LogP contribution in [0.5, 0.6) is 0 Å². The highest BCUT2D eigenvalue weighted by Gasteiger charge is 2.19. The van der Waals surface area contributed by atoms with Gasteiger partial charge in [0.1, 0.15) is 5.69 Å². The van der Waals surface area contributed by atoms with Crippen LogP contribution in [0, 0.1) is 6.92 Å². The van der Waals surface area contributed by atoms with Crippen LogP contribution in [0.15, 0.2) is 0 Å². The van der Waals surface area contributed by atoms with Crippen molar-refractivity contribution in [2.45, 2.75) is 40.3 Å². The van der Waals surface area contributed by atoms with Gasteiger partial charge in [-0.15, -0.1) is 0 Å². The van der Waals surface area contributed by atoms with E-state index in [1.165, 1.54) is 0 Å². The minimum atomic E-state index is -0.162. The van der Waals surface area contributed by atoms with Crippen molar-refractivity contribution in [3.8, 4) is 0 Å². The summed E-state index contributed by atoms with van der Waals surface area (Å²) in [7, 11) is 0. The molecule has 0 spiro atoms. The number of nitrogens with zero attached hydrogens (tertiary/aromatic N) is 2. The Bertz CT molecular complexity index is 368. The van der Waals surface area contributed by atoms with Crippen LogP contribution in [-0.2, 0) is 6.54 Å². The summed E-state index contributed by atoms with van der Waals surface area (Å²) in [5.41, 5.74) is 7.44. The van der Waals surface area contributed by atoms with Gasteiger partial charge in [-0.3, -0.25) is 9.48 Å². The summed E-state index contributed by atoms with van der Waals surface area (Å²) in [6, 6.07) is 0.0948. The molecule has 84 valence electrons. The first-order valence-electron chi connectivity index (χ1n) is 5.11. The smallest absolute Gasteiger partial charge is 0.271 e. The predicted molar refractivity (Wildman–Crippen MR) is 59.7 cm³/mol. The third-order valence-electron chi connectivity index (χ3n) is 2.11. The van der Waals surface area contributed by atoms with Crippen LogP contribution >= 0.6 is 0 Å². The lowest BCUT2D eigenvalue weighted by Crippen LogP contribution is -2.32. The minimum Gasteiger partial charge on any atom is -0.395 e. The normalized spacial score (nSPS) is 10.7. The van der Waals surface area contributed by atoms with Crippen molar-refractivity contribution < 1.29 is 4.79 Å². The quantitative estimate of drug-likeness (QED) is 0.779. The van der Waals surface area contributed by atoms with Gasteiger partial charge >= 0.3 is 0 Å². The third-order valence-corrected chi connectivity index (χ3v) is 2.11. The third kappa shape index (κ3) is 2.29. The lowest BCUT2D eigenvalue weighted by Gasteiger charge is -2.09. The number of hydrogen-bond acceptors (Lipinski definition) is 3. The Morgan fingerprint density at radius 2 is 2.20 bits per heavy atom. The topological polar surface area (TPSA) is 72.9 Å². The van der Waals surface area contributed by atoms with Crippen LogP contribution in [0.4, 0.5) is 5.69 Å². The molecule has 0 aromatic carbocycles. The van der Waals surface area contributed by atoms with Gasteiger partial charge in [0.05, 0.1) is 11.4 Å². The first kappa shape index (κ1) is 11.6. The molecule has 1 rings (SSSR count). The Balaban J connectivity index is 3.06. The number of nitrogens with one attached hydrogen (secondary N) is 1. The molecule has 0 bridgehead atoms. The van der Waals surface area contributed by atoms with Gasteiger partial charge in [-0.25, -0.2) is 0 Å². The second-order valence-corrected chi connectivity index (χ2v) is 3.79. The maximum Gasteiger partial charge on any atom is 0.271 e. The highest BCUT2D eigenvalue weighted by atomic mass is 16.2. The number of amides is 1. The number of carbonyl (C=O) groups excluding carboxylic acids is 1. The van der Waals surface area contributed by atoms with E-state index >= 15 is 0 Å². The zero-order valence-electron chi connectivity index (χ0n) is 9.66. The molecule has 0 fully saturated rings. The summed E-state index contributed by atoms with van der Waals surface area (Å²) in [5, 5.41) is 7.00. The van der Waals surface area contributed by atoms with E-state index in [9.17, 15) is 4.79 Å². The number of hydrogen-bond donors (Lipinski definition) is 2. The van der Waals surface area contributed by atoms with Gasteiger partial charge in [-0.1, -0.05) is 0 Å². The molecule has 3 N–H and O–H groups in total. The number of rotatable bonds is 3. The SMILES string of the molecule is CCn1nc(C)c(N)c1C(=O)NC(C)C. The zero-order valence-corrected chi connectivity index (χ0v) is 9.66. The van der Waals surface area contributed by atoms with Gasteiger partial charge < -0.3 is 11.1 Å². The van der Waals surface area contributed by atoms with Crippen LogP contribution in [0.1, 0.15) is 37.0 Å². The molecular weight excluding hydrogens is 192 g/mol. The first-order chi connectivity index (χ1) is 6.97. The maximum atomic E-state index is 11.8. The Kier molecular flexibility index (Phi) is 3.34. The summed E-state index contributed by atoms with van der Waals surface area (Å²) in [5.74, 6) is -0.162. The van der Waals surface area contributed by atoms with Gasteiger partial charge in [0.25, 0.3) is 5.91 Å². The minimum absolute atomic E-state index is 0.0948. The summed E-state index contributed by atoms with van der Waals surface area (Å²) in [6.07, 6.45) is 0. The highest BCUT2D eigenvalue weighted by Crippen LogP contribution is 2.16. The van der Waals surface area contributed by atoms with E-state index in [-0.39, 0.29) is 11.9 Å². The number of aryl methyl sites for hydroxylation is 2. The Labute approximate surface area is 89.6 Å². The summed E-state index contributed by atoms with van der Waals surface area (Å²) >= 11 is 0. The Hall–Kier alpha value is -1.52. The first-order valence-corrected chi connectivity index (χ1v) is 5.11. The van der Waals surface area contributed by atoms with E-state index in [1.807, 2.05) is 20.8 Å². The fraction of sp³-hybridized carbons (Fsp3) is 0.600. The van der Waals surface area contributed by atoms with Crippen molar-refractivity contribution in [3.05, 3.63) is 11.4 Å². The van der Waals surface area contributed by atoms with Crippen LogP contribution in [0.2, 0.25) is 0 Å². The Morgan fingerprint density at radius 3 is 2.67 bits per heavy atom.